The molecule has 0 aliphatic heterocycles. The number of halogens is 1. The number of thioether (sulfide) groups is 1. The highest BCUT2D eigenvalue weighted by Crippen LogP contribution is 2.19. The van der Waals surface area contributed by atoms with Gasteiger partial charge in [0.15, 0.2) is 0 Å². The second-order valence-electron chi connectivity index (χ2n) is 3.99. The minimum absolute atomic E-state index is 0.160. The normalized spacial score (nSPS) is 12.7. The van der Waals surface area contributed by atoms with Gasteiger partial charge >= 0.3 is 0 Å². The van der Waals surface area contributed by atoms with Crippen LogP contribution >= 0.6 is 11.8 Å². The second-order valence-corrected chi connectivity index (χ2v) is 5.16. The van der Waals surface area contributed by atoms with Gasteiger partial charge < -0.3 is 5.32 Å². The molecule has 0 fully saturated rings. The van der Waals surface area contributed by atoms with Gasteiger partial charge in [-0.05, 0) is 56.8 Å². The van der Waals surface area contributed by atoms with E-state index in [1.54, 1.807) is 11.8 Å². The maximum atomic E-state index is 12.6. The van der Waals surface area contributed by atoms with Crippen molar-refractivity contribution in [3.8, 4) is 0 Å². The largest absolute Gasteiger partial charge is 0.317 e. The fraction of sp³-hybridized carbons (Fsp3) is 0.538. The van der Waals surface area contributed by atoms with E-state index in [0.29, 0.717) is 6.04 Å². The molecule has 0 saturated heterocycles. The highest BCUT2D eigenvalue weighted by molar-refractivity contribution is 7.99. The molecule has 0 aliphatic rings. The molecule has 3 heteroatoms. The highest BCUT2D eigenvalue weighted by atomic mass is 32.2. The zero-order valence-corrected chi connectivity index (χ0v) is 10.8. The number of nitrogens with one attached hydrogen (secondary N) is 1. The number of benzene rings is 1. The maximum absolute atomic E-state index is 12.6. The third-order valence-corrected chi connectivity index (χ3v) is 3.70. The molecule has 16 heavy (non-hydrogen) atoms. The molecule has 1 aromatic rings. The summed E-state index contributed by atoms with van der Waals surface area (Å²) in [4.78, 5) is 1.16. The molecule has 0 radical (unpaired) electrons. The highest BCUT2D eigenvalue weighted by Gasteiger charge is 1.98. The molecule has 0 amide bonds. The molecule has 1 atom stereocenters. The van der Waals surface area contributed by atoms with Gasteiger partial charge in [0.05, 0.1) is 0 Å². The quantitative estimate of drug-likeness (QED) is 0.577. The first-order valence-corrected chi connectivity index (χ1v) is 6.76. The van der Waals surface area contributed by atoms with Crippen molar-refractivity contribution in [1.82, 2.24) is 5.32 Å². The second kappa shape index (κ2) is 7.69. The smallest absolute Gasteiger partial charge is 0.123 e. The third-order valence-electron chi connectivity index (χ3n) is 2.61. The van der Waals surface area contributed by atoms with E-state index in [0.717, 1.165) is 10.6 Å². The standard InChI is InChI=1S/C13H20FNS/c1-11(15-2)5-3-4-10-16-13-8-6-12(14)7-9-13/h6-9,11,15H,3-5,10H2,1-2H3. The molecular weight excluding hydrogens is 221 g/mol. The first kappa shape index (κ1) is 13.5. The minimum Gasteiger partial charge on any atom is -0.317 e. The first-order chi connectivity index (χ1) is 7.72. The maximum Gasteiger partial charge on any atom is 0.123 e. The van der Waals surface area contributed by atoms with Crippen LogP contribution in [-0.4, -0.2) is 18.8 Å². The summed E-state index contributed by atoms with van der Waals surface area (Å²) in [5.41, 5.74) is 0. The Bertz CT molecular complexity index is 286. The Balaban J connectivity index is 2.09. The molecule has 0 saturated carbocycles. The summed E-state index contributed by atoms with van der Waals surface area (Å²) in [6.07, 6.45) is 3.69. The average molecular weight is 241 g/mol. The fourth-order valence-electron chi connectivity index (χ4n) is 1.42. The Kier molecular flexibility index (Phi) is 6.50. The van der Waals surface area contributed by atoms with Gasteiger partial charge in [-0.3, -0.25) is 0 Å². The van der Waals surface area contributed by atoms with Crippen molar-refractivity contribution in [2.75, 3.05) is 12.8 Å². The molecule has 0 heterocycles. The van der Waals surface area contributed by atoms with Crippen LogP contribution in [0.1, 0.15) is 26.2 Å². The van der Waals surface area contributed by atoms with Crippen molar-refractivity contribution in [2.24, 2.45) is 0 Å². The van der Waals surface area contributed by atoms with Gasteiger partial charge in [-0.2, -0.15) is 0 Å². The Hall–Kier alpha value is -0.540. The Labute approximate surface area is 102 Å². The van der Waals surface area contributed by atoms with E-state index >= 15 is 0 Å². The molecule has 1 aromatic carbocycles. The number of unbranched alkanes of at least 4 members (excludes halogenated alkanes) is 1. The van der Waals surface area contributed by atoms with Crippen molar-refractivity contribution >= 4 is 11.8 Å². The third kappa shape index (κ3) is 5.52. The van der Waals surface area contributed by atoms with Crippen LogP contribution in [0, 0.1) is 5.82 Å². The van der Waals surface area contributed by atoms with E-state index in [9.17, 15) is 4.39 Å². The van der Waals surface area contributed by atoms with Crippen LogP contribution in [0.4, 0.5) is 4.39 Å². The van der Waals surface area contributed by atoms with Crippen molar-refractivity contribution in [2.45, 2.75) is 37.1 Å². The lowest BCUT2D eigenvalue weighted by atomic mass is 10.1. The summed E-state index contributed by atoms with van der Waals surface area (Å²) in [6.45, 7) is 2.20. The zero-order valence-electron chi connectivity index (χ0n) is 10.0. The molecule has 1 rings (SSSR count). The Morgan fingerprint density at radius 1 is 1.25 bits per heavy atom. The monoisotopic (exact) mass is 241 g/mol. The molecule has 1 N–H and O–H groups in total. The van der Waals surface area contributed by atoms with Crippen molar-refractivity contribution < 1.29 is 4.39 Å². The van der Waals surface area contributed by atoms with E-state index in [1.165, 1.54) is 31.4 Å². The fourth-order valence-corrected chi connectivity index (χ4v) is 2.33. The van der Waals surface area contributed by atoms with Crippen LogP contribution in [0.2, 0.25) is 0 Å². The summed E-state index contributed by atoms with van der Waals surface area (Å²) in [7, 11) is 2.00. The van der Waals surface area contributed by atoms with Gasteiger partial charge in [0.2, 0.25) is 0 Å². The van der Waals surface area contributed by atoms with Crippen LogP contribution in [0.15, 0.2) is 29.2 Å². The van der Waals surface area contributed by atoms with E-state index in [4.69, 9.17) is 0 Å². The van der Waals surface area contributed by atoms with Crippen LogP contribution in [0.25, 0.3) is 0 Å². The summed E-state index contributed by atoms with van der Waals surface area (Å²) in [5.74, 6) is 0.953. The summed E-state index contributed by atoms with van der Waals surface area (Å²) >= 11 is 1.80. The van der Waals surface area contributed by atoms with Crippen molar-refractivity contribution in [1.29, 1.82) is 0 Å². The SMILES string of the molecule is CNC(C)CCCCSc1ccc(F)cc1. The topological polar surface area (TPSA) is 12.0 Å². The van der Waals surface area contributed by atoms with Crippen molar-refractivity contribution in [3.63, 3.8) is 0 Å². The molecule has 0 aromatic heterocycles. The van der Waals surface area contributed by atoms with Crippen molar-refractivity contribution in [3.05, 3.63) is 30.1 Å². The molecule has 90 valence electrons. The van der Waals surface area contributed by atoms with Gasteiger partial charge in [0.25, 0.3) is 0 Å². The lowest BCUT2D eigenvalue weighted by Crippen LogP contribution is -2.20. The van der Waals surface area contributed by atoms with Gasteiger partial charge in [0.1, 0.15) is 5.82 Å². The van der Waals surface area contributed by atoms with E-state index in [1.807, 2.05) is 19.2 Å². The van der Waals surface area contributed by atoms with E-state index in [2.05, 4.69) is 12.2 Å². The summed E-state index contributed by atoms with van der Waals surface area (Å²) in [6, 6.07) is 7.33. The van der Waals surface area contributed by atoms with Crippen LogP contribution in [-0.2, 0) is 0 Å². The van der Waals surface area contributed by atoms with Gasteiger partial charge in [-0.25, -0.2) is 4.39 Å². The number of hydrogen-bond donors (Lipinski definition) is 1. The zero-order chi connectivity index (χ0) is 11.8. The molecular formula is C13H20FNS. The van der Waals surface area contributed by atoms with Gasteiger partial charge in [-0.15, -0.1) is 11.8 Å². The van der Waals surface area contributed by atoms with Crippen LogP contribution in [0.5, 0.6) is 0 Å². The molecule has 0 bridgehead atoms. The Morgan fingerprint density at radius 2 is 1.94 bits per heavy atom. The van der Waals surface area contributed by atoms with Crippen LogP contribution < -0.4 is 5.32 Å². The average Bonchev–Trinajstić information content (AvgIpc) is 2.31. The van der Waals surface area contributed by atoms with E-state index < -0.39 is 0 Å². The predicted octanol–water partition coefficient (Wildman–Crippen LogP) is 3.70. The molecule has 0 aliphatic carbocycles. The lowest BCUT2D eigenvalue weighted by Gasteiger charge is -2.08. The Morgan fingerprint density at radius 3 is 2.56 bits per heavy atom. The summed E-state index contributed by atoms with van der Waals surface area (Å²) < 4.78 is 12.6. The number of hydrogen-bond acceptors (Lipinski definition) is 2. The minimum atomic E-state index is -0.160. The van der Waals surface area contributed by atoms with E-state index in [-0.39, 0.29) is 5.82 Å². The first-order valence-electron chi connectivity index (χ1n) is 5.78. The summed E-state index contributed by atoms with van der Waals surface area (Å²) in [5, 5.41) is 3.23. The molecule has 0 spiro atoms. The number of rotatable bonds is 7. The van der Waals surface area contributed by atoms with Crippen LogP contribution in [0.3, 0.4) is 0 Å². The van der Waals surface area contributed by atoms with Gasteiger partial charge in [-0.1, -0.05) is 6.42 Å². The predicted molar refractivity (Wildman–Crippen MR) is 69.5 cm³/mol. The lowest BCUT2D eigenvalue weighted by molar-refractivity contribution is 0.539. The molecule has 1 nitrogen and oxygen atoms in total. The van der Waals surface area contributed by atoms with Gasteiger partial charge in [0, 0.05) is 10.9 Å². The molecule has 1 unspecified atom stereocenters.